The van der Waals surface area contributed by atoms with E-state index in [1.807, 2.05) is 178 Å². The lowest BCUT2D eigenvalue weighted by Crippen LogP contribution is -2.48. The third-order valence-corrected chi connectivity index (χ3v) is 17.6. The molecule has 0 amide bonds. The Labute approximate surface area is 478 Å². The summed E-state index contributed by atoms with van der Waals surface area (Å²) in [7, 11) is 6.04. The smallest absolute Gasteiger partial charge is 0.331 e. The van der Waals surface area contributed by atoms with Crippen molar-refractivity contribution in [2.75, 3.05) is 33.0 Å². The van der Waals surface area contributed by atoms with Crippen LogP contribution in [0.4, 0.5) is 0 Å². The number of nitrogens with two attached hydrogens (primary N) is 1. The number of halogens is 4. The number of hydrogen-bond donors (Lipinski definition) is 1. The largest absolute Gasteiger partial charge is 0.336 e. The Kier molecular flexibility index (Phi) is 17.1. The first kappa shape index (κ1) is 57.1. The molecule has 0 saturated heterocycles. The third-order valence-electron chi connectivity index (χ3n) is 14.5. The number of imidazole rings is 2. The molecule has 0 aliphatic carbocycles. The van der Waals surface area contributed by atoms with Crippen molar-refractivity contribution < 1.29 is 13.6 Å². The molecule has 10 aromatic rings. The van der Waals surface area contributed by atoms with Gasteiger partial charge in [0.1, 0.15) is 11.1 Å². The van der Waals surface area contributed by atoms with Crippen molar-refractivity contribution in [1.82, 2.24) is 33.1 Å². The van der Waals surface area contributed by atoms with Crippen LogP contribution in [0.1, 0.15) is 47.5 Å². The lowest BCUT2D eigenvalue weighted by atomic mass is 9.78. The van der Waals surface area contributed by atoms with Crippen molar-refractivity contribution >= 4 is 75.8 Å². The van der Waals surface area contributed by atoms with Crippen molar-refractivity contribution in [2.24, 2.45) is 33.9 Å². The van der Waals surface area contributed by atoms with Gasteiger partial charge in [0.05, 0.1) is 66.8 Å². The summed E-state index contributed by atoms with van der Waals surface area (Å²) in [5, 5.41) is 4.19. The van der Waals surface area contributed by atoms with E-state index in [0.29, 0.717) is 26.6 Å². The van der Waals surface area contributed by atoms with Crippen LogP contribution in [0, 0.1) is 0 Å². The van der Waals surface area contributed by atoms with Crippen molar-refractivity contribution in [1.29, 1.82) is 0 Å². The van der Waals surface area contributed by atoms with Crippen molar-refractivity contribution in [3.8, 4) is 22.3 Å². The van der Waals surface area contributed by atoms with Gasteiger partial charge in [-0.3, -0.25) is 19.1 Å². The summed E-state index contributed by atoms with van der Waals surface area (Å²) in [6, 6.07) is 45.6. The van der Waals surface area contributed by atoms with Gasteiger partial charge in [-0.1, -0.05) is 107 Å². The minimum absolute atomic E-state index is 0.0985. The van der Waals surface area contributed by atoms with Gasteiger partial charge in [-0.25, -0.2) is 9.97 Å². The average Bonchev–Trinajstić information content (AvgIpc) is 4.30. The second-order valence-electron chi connectivity index (χ2n) is 19.3. The molecule has 18 heteroatoms. The van der Waals surface area contributed by atoms with E-state index in [2.05, 4.69) is 20.9 Å². The molecule has 79 heavy (non-hydrogen) atoms. The van der Waals surface area contributed by atoms with Gasteiger partial charge in [-0.05, 0) is 138 Å². The van der Waals surface area contributed by atoms with E-state index in [9.17, 15) is 14.2 Å². The highest BCUT2D eigenvalue weighted by molar-refractivity contribution is 7.53. The molecule has 406 valence electrons. The molecule has 0 spiro atoms. The van der Waals surface area contributed by atoms with Crippen molar-refractivity contribution in [3.63, 3.8) is 0 Å². The third kappa shape index (κ3) is 11.2. The topological polar surface area (TPSA) is 144 Å². The minimum Gasteiger partial charge on any atom is -0.336 e. The molecule has 6 aromatic carbocycles. The quantitative estimate of drug-likeness (QED) is 0.0935. The van der Waals surface area contributed by atoms with Gasteiger partial charge < -0.3 is 33.0 Å². The summed E-state index contributed by atoms with van der Waals surface area (Å²) in [4.78, 5) is 36.9. The van der Waals surface area contributed by atoms with Gasteiger partial charge in [-0.2, -0.15) is 0 Å². The molecule has 0 bridgehead atoms. The fourth-order valence-corrected chi connectivity index (χ4v) is 12.9. The first-order chi connectivity index (χ1) is 37.8. The first-order valence-electron chi connectivity index (χ1n) is 25.5. The van der Waals surface area contributed by atoms with E-state index in [1.165, 1.54) is 0 Å². The number of hydrogen-bond acceptors (Lipinski definition) is 9. The van der Waals surface area contributed by atoms with Crippen LogP contribution in [0.2, 0.25) is 20.1 Å². The normalized spacial score (nSPS) is 13.3. The van der Waals surface area contributed by atoms with E-state index in [-0.39, 0.29) is 30.5 Å². The van der Waals surface area contributed by atoms with Crippen LogP contribution in [-0.4, -0.2) is 66.1 Å². The highest BCUT2D eigenvalue weighted by atomic mass is 35.5. The number of aromatic nitrogens is 6. The molecule has 4 heterocycles. The van der Waals surface area contributed by atoms with Gasteiger partial charge in [0, 0.05) is 77.7 Å². The molecular formula is C61H59Cl4N8O5P. The fourth-order valence-electron chi connectivity index (χ4n) is 10.6. The van der Waals surface area contributed by atoms with E-state index in [1.54, 1.807) is 54.2 Å². The van der Waals surface area contributed by atoms with Crippen LogP contribution in [0.5, 0.6) is 0 Å². The van der Waals surface area contributed by atoms with Crippen LogP contribution in [0.3, 0.4) is 0 Å². The zero-order valence-corrected chi connectivity index (χ0v) is 48.6. The van der Waals surface area contributed by atoms with Gasteiger partial charge in [-0.15, -0.1) is 0 Å². The van der Waals surface area contributed by atoms with E-state index in [4.69, 9.17) is 61.2 Å². The Balaban J connectivity index is 0.000000199. The van der Waals surface area contributed by atoms with Crippen LogP contribution in [-0.2, 0) is 52.9 Å². The van der Waals surface area contributed by atoms with E-state index >= 15 is 0 Å². The molecule has 0 unspecified atom stereocenters. The highest BCUT2D eigenvalue weighted by Gasteiger charge is 2.44. The molecule has 2 N–H and O–H groups in total. The van der Waals surface area contributed by atoms with Crippen LogP contribution < -0.4 is 16.9 Å². The molecule has 0 saturated carbocycles. The fraction of sp³-hybridized carbons (Fsp3) is 0.213. The summed E-state index contributed by atoms with van der Waals surface area (Å²) in [5.74, 6) is 0. The minimum atomic E-state index is -3.36. The Bertz CT molecular complexity index is 4020. The molecule has 10 rings (SSSR count). The molecule has 4 aromatic heterocycles. The SMILES string of the molecule is CCOP(=O)(CCN(C)[C@](c1ccc(Cl)cc1)(c1ccc2c(c1)c(-c1cccc(Cl)c1)cc(=O)n2C)c1cncn1C)OCC.Cn1cncc1[C@@](N)(c1ccc(Cl)cc1)c1ccc2c(c1)c(-c1cccc(Cl)c1)cc(=O)n2C. The molecule has 0 fully saturated rings. The monoisotopic (exact) mass is 1150 g/mol. The van der Waals surface area contributed by atoms with Crippen LogP contribution in [0.25, 0.3) is 44.1 Å². The number of fused-ring (bicyclic) bond motifs is 2. The Hall–Kier alpha value is -6.61. The first-order valence-corrected chi connectivity index (χ1v) is 28.7. The second kappa shape index (κ2) is 23.6. The molecule has 13 nitrogen and oxygen atoms in total. The number of benzene rings is 6. The molecular weight excluding hydrogens is 1100 g/mol. The predicted octanol–water partition coefficient (Wildman–Crippen LogP) is 13.2. The summed E-state index contributed by atoms with van der Waals surface area (Å²) < 4.78 is 32.1. The standard InChI is InChI=1S/C34H37Cl2N4O4P.C27H22Cl2N4O/c1-6-43-45(42,44-7-2)18-17-39(4)34(32-22-37-23-38(32)3,25-11-14-27(35)15-12-25)26-13-16-31-30(20-26)29(21-33(41)40(31)5)24-9-8-10-28(36)19-24;1-32-16-31-15-25(32)27(30,18-6-9-20(28)10-7-18)19-8-11-24-23(13-19)22(14-26(34)33(24)2)17-4-3-5-21(29)12-17/h8-16,19-23H,6-7,17-18H2,1-5H3;3-16H,30H2,1-2H3/t34-;27-/m11/s1. The van der Waals surface area contributed by atoms with E-state index in [0.717, 1.165) is 77.7 Å². The molecule has 0 aliphatic rings. The number of nitrogens with zero attached hydrogens (tertiary/aromatic N) is 7. The van der Waals surface area contributed by atoms with Gasteiger partial charge >= 0.3 is 7.60 Å². The van der Waals surface area contributed by atoms with Gasteiger partial charge in [0.25, 0.3) is 11.1 Å². The Morgan fingerprint density at radius 1 is 0.557 bits per heavy atom. The van der Waals surface area contributed by atoms with Gasteiger partial charge in [0.2, 0.25) is 0 Å². The maximum atomic E-state index is 13.6. The van der Waals surface area contributed by atoms with Crippen LogP contribution >= 0.6 is 54.0 Å². The van der Waals surface area contributed by atoms with E-state index < -0.39 is 18.7 Å². The van der Waals surface area contributed by atoms with Crippen LogP contribution in [0.15, 0.2) is 180 Å². The molecule has 0 aliphatic heterocycles. The average molecular weight is 1160 g/mol. The highest BCUT2D eigenvalue weighted by Crippen LogP contribution is 2.50. The summed E-state index contributed by atoms with van der Waals surface area (Å²) >= 11 is 25.3. The van der Waals surface area contributed by atoms with Gasteiger partial charge in [0.15, 0.2) is 0 Å². The van der Waals surface area contributed by atoms with Crippen molar-refractivity contribution in [2.45, 2.75) is 24.9 Å². The summed E-state index contributed by atoms with van der Waals surface area (Å²) in [6.07, 6.45) is 7.29. The second-order valence-corrected chi connectivity index (χ2v) is 23.2. The Morgan fingerprint density at radius 2 is 1.00 bits per heavy atom. The molecule has 2 atom stereocenters. The number of pyridine rings is 2. The lowest BCUT2D eigenvalue weighted by Gasteiger charge is -2.43. The maximum Gasteiger partial charge on any atom is 0.331 e. The number of aryl methyl sites for hydroxylation is 4. The summed E-state index contributed by atoms with van der Waals surface area (Å²) in [6.45, 7) is 4.53. The Morgan fingerprint density at radius 3 is 1.46 bits per heavy atom. The maximum absolute atomic E-state index is 13.6. The lowest BCUT2D eigenvalue weighted by molar-refractivity contribution is 0.185. The zero-order chi connectivity index (χ0) is 56.4. The summed E-state index contributed by atoms with van der Waals surface area (Å²) in [5.41, 5.74) is 15.2. The number of rotatable bonds is 16. The molecule has 0 radical (unpaired) electrons. The predicted molar refractivity (Wildman–Crippen MR) is 321 cm³/mol. The van der Waals surface area contributed by atoms with Crippen molar-refractivity contribution in [3.05, 3.63) is 245 Å². The zero-order valence-electron chi connectivity index (χ0n) is 44.7.